The lowest BCUT2D eigenvalue weighted by Crippen LogP contribution is -2.51. The van der Waals surface area contributed by atoms with Crippen molar-refractivity contribution in [2.75, 3.05) is 49.1 Å². The van der Waals surface area contributed by atoms with Crippen LogP contribution in [0.15, 0.2) is 36.8 Å². The van der Waals surface area contributed by atoms with E-state index in [4.69, 9.17) is 9.47 Å². The summed E-state index contributed by atoms with van der Waals surface area (Å²) in [6, 6.07) is 3.83. The van der Waals surface area contributed by atoms with Crippen LogP contribution in [0.2, 0.25) is 0 Å². The van der Waals surface area contributed by atoms with E-state index in [1.807, 2.05) is 0 Å². The Labute approximate surface area is 245 Å². The van der Waals surface area contributed by atoms with E-state index in [9.17, 15) is 19.2 Å². The van der Waals surface area contributed by atoms with Gasteiger partial charge in [-0.25, -0.2) is 23.5 Å². The molecule has 2 aromatic heterocycles. The molecule has 2 aliphatic rings. The van der Waals surface area contributed by atoms with Crippen LogP contribution in [0.1, 0.15) is 37.2 Å². The van der Waals surface area contributed by atoms with Crippen LogP contribution in [0.25, 0.3) is 5.78 Å². The van der Waals surface area contributed by atoms with Gasteiger partial charge < -0.3 is 24.6 Å². The number of anilines is 2. The molecule has 3 amide bonds. The predicted molar refractivity (Wildman–Crippen MR) is 149 cm³/mol. The number of carbonyl (C=O) groups excluding carboxylic acids is 4. The van der Waals surface area contributed by atoms with Crippen molar-refractivity contribution in [1.82, 2.24) is 24.6 Å². The van der Waals surface area contributed by atoms with Crippen LogP contribution >= 0.6 is 0 Å². The molecule has 228 valence electrons. The largest absolute Gasteiger partial charge is 0.463 e. The van der Waals surface area contributed by atoms with E-state index in [0.717, 1.165) is 17.0 Å². The standard InChI is InChI=1S/C28H31F2N7O6/c1-17(2)42-24(39)5-4-19-15-37(28(41)43-19)18-12-20(29)25(21(30)13-18)35-10-8-34(9-11-35)23(38)14-32-26(40)22-16-36-7-3-6-31-27(36)33-22/h3,6-7,12-13,16-17,19H,4-5,8-11,14-15H2,1-2H3,(H,32,40)/t19-/m0/s1. The van der Waals surface area contributed by atoms with Gasteiger partial charge in [0.05, 0.1) is 24.9 Å². The Morgan fingerprint density at radius 2 is 1.86 bits per heavy atom. The number of aromatic nitrogens is 3. The molecule has 1 atom stereocenters. The number of halogens is 2. The molecule has 0 radical (unpaired) electrons. The molecule has 13 nitrogen and oxygen atoms in total. The number of nitrogens with zero attached hydrogens (tertiary/aromatic N) is 6. The third kappa shape index (κ3) is 6.81. The summed E-state index contributed by atoms with van der Waals surface area (Å²) < 4.78 is 42.3. The zero-order valence-corrected chi connectivity index (χ0v) is 23.7. The summed E-state index contributed by atoms with van der Waals surface area (Å²) in [4.78, 5) is 61.6. The maximum absolute atomic E-state index is 15.2. The second kappa shape index (κ2) is 12.6. The lowest BCUT2D eigenvalue weighted by atomic mass is 10.1. The molecule has 2 aliphatic heterocycles. The van der Waals surface area contributed by atoms with E-state index >= 15 is 8.78 Å². The third-order valence-electron chi connectivity index (χ3n) is 7.04. The molecule has 4 heterocycles. The first-order valence-corrected chi connectivity index (χ1v) is 13.9. The first-order valence-electron chi connectivity index (χ1n) is 13.9. The molecule has 43 heavy (non-hydrogen) atoms. The summed E-state index contributed by atoms with van der Waals surface area (Å²) in [6.45, 7) is 3.93. The highest BCUT2D eigenvalue weighted by Crippen LogP contribution is 2.32. The molecule has 1 N–H and O–H groups in total. The molecule has 0 aliphatic carbocycles. The number of nitrogens with one attached hydrogen (secondary N) is 1. The number of rotatable bonds is 9. The quantitative estimate of drug-likeness (QED) is 0.367. The van der Waals surface area contributed by atoms with Gasteiger partial charge in [-0.05, 0) is 26.3 Å². The summed E-state index contributed by atoms with van der Waals surface area (Å²) >= 11 is 0. The van der Waals surface area contributed by atoms with E-state index in [-0.39, 0.29) is 81.2 Å². The van der Waals surface area contributed by atoms with Gasteiger partial charge in [0.2, 0.25) is 11.7 Å². The van der Waals surface area contributed by atoms with Crippen molar-refractivity contribution in [2.45, 2.75) is 38.9 Å². The van der Waals surface area contributed by atoms with Gasteiger partial charge >= 0.3 is 12.1 Å². The Morgan fingerprint density at radius 1 is 1.14 bits per heavy atom. The summed E-state index contributed by atoms with van der Waals surface area (Å²) in [5.74, 6) is -2.65. The molecule has 1 aromatic carbocycles. The predicted octanol–water partition coefficient (Wildman–Crippen LogP) is 2.14. The third-order valence-corrected chi connectivity index (χ3v) is 7.04. The molecule has 2 fully saturated rings. The molecule has 15 heteroatoms. The van der Waals surface area contributed by atoms with Crippen LogP contribution in [0, 0.1) is 11.6 Å². The molecule has 0 bridgehead atoms. The van der Waals surface area contributed by atoms with Crippen LogP contribution in [0.5, 0.6) is 0 Å². The molecule has 0 saturated carbocycles. The molecule has 3 aromatic rings. The zero-order chi connectivity index (χ0) is 30.7. The minimum Gasteiger partial charge on any atom is -0.463 e. The average Bonchev–Trinajstić information content (AvgIpc) is 3.57. The van der Waals surface area contributed by atoms with Crippen LogP contribution in [-0.4, -0.2) is 94.6 Å². The van der Waals surface area contributed by atoms with Gasteiger partial charge in [-0.15, -0.1) is 0 Å². The minimum absolute atomic E-state index is 0.00181. The van der Waals surface area contributed by atoms with Crippen molar-refractivity contribution in [3.8, 4) is 0 Å². The fourth-order valence-electron chi connectivity index (χ4n) is 4.97. The zero-order valence-electron chi connectivity index (χ0n) is 23.7. The monoisotopic (exact) mass is 599 g/mol. The maximum atomic E-state index is 15.2. The van der Waals surface area contributed by atoms with E-state index in [2.05, 4.69) is 15.3 Å². The highest BCUT2D eigenvalue weighted by atomic mass is 19.1. The van der Waals surface area contributed by atoms with Gasteiger partial charge in [0.1, 0.15) is 17.5 Å². The number of esters is 1. The smallest absolute Gasteiger partial charge is 0.414 e. The second-order valence-electron chi connectivity index (χ2n) is 10.5. The van der Waals surface area contributed by atoms with Crippen molar-refractivity contribution in [3.63, 3.8) is 0 Å². The van der Waals surface area contributed by atoms with Gasteiger partial charge in [0, 0.05) is 63.3 Å². The molecule has 0 unspecified atom stereocenters. The number of carbonyl (C=O) groups is 4. The molecule has 2 saturated heterocycles. The number of hydrogen-bond donors (Lipinski definition) is 1. The number of imidazole rings is 1. The van der Waals surface area contributed by atoms with Gasteiger partial charge in [-0.1, -0.05) is 0 Å². The summed E-state index contributed by atoms with van der Waals surface area (Å²) in [7, 11) is 0. The Morgan fingerprint density at radius 3 is 2.53 bits per heavy atom. The highest BCUT2D eigenvalue weighted by Gasteiger charge is 2.34. The average molecular weight is 600 g/mol. The normalized spacial score (nSPS) is 17.0. The van der Waals surface area contributed by atoms with Crippen LogP contribution in [0.4, 0.5) is 25.0 Å². The molecular formula is C28H31F2N7O6. The fourth-order valence-corrected chi connectivity index (χ4v) is 4.97. The number of fused-ring (bicyclic) bond motifs is 1. The number of ether oxygens (including phenoxy) is 2. The number of hydrogen-bond acceptors (Lipinski definition) is 9. The summed E-state index contributed by atoms with van der Waals surface area (Å²) in [5.41, 5.74) is -0.137. The van der Waals surface area contributed by atoms with E-state index in [1.54, 1.807) is 36.7 Å². The Balaban J connectivity index is 1.13. The van der Waals surface area contributed by atoms with Gasteiger partial charge in [-0.3, -0.25) is 23.7 Å². The number of cyclic esters (lactones) is 1. The first kappa shape index (κ1) is 29.7. The van der Waals surface area contributed by atoms with Crippen molar-refractivity contribution < 1.29 is 37.4 Å². The topological polar surface area (TPSA) is 139 Å². The van der Waals surface area contributed by atoms with Crippen molar-refractivity contribution in [3.05, 3.63) is 54.1 Å². The lowest BCUT2D eigenvalue weighted by molar-refractivity contribution is -0.147. The molecular weight excluding hydrogens is 568 g/mol. The molecule has 5 rings (SSSR count). The Kier molecular flexibility index (Phi) is 8.68. The van der Waals surface area contributed by atoms with Crippen molar-refractivity contribution in [1.29, 1.82) is 0 Å². The Bertz CT molecular complexity index is 1480. The SMILES string of the molecule is CC(C)OC(=O)CC[C@H]1CN(c2cc(F)c(N3CCN(C(=O)CNC(=O)c4cn5cccnc5n4)CC3)c(F)c2)C(=O)O1. The van der Waals surface area contributed by atoms with Crippen LogP contribution < -0.4 is 15.1 Å². The number of piperazine rings is 1. The number of benzene rings is 1. The summed E-state index contributed by atoms with van der Waals surface area (Å²) in [6.07, 6.45) is 3.39. The van der Waals surface area contributed by atoms with Gasteiger partial charge in [0.15, 0.2) is 11.6 Å². The lowest BCUT2D eigenvalue weighted by Gasteiger charge is -2.36. The van der Waals surface area contributed by atoms with Crippen LogP contribution in [-0.2, 0) is 19.1 Å². The van der Waals surface area contributed by atoms with E-state index in [1.165, 1.54) is 16.0 Å². The van der Waals surface area contributed by atoms with Gasteiger partial charge in [-0.2, -0.15) is 0 Å². The fraction of sp³-hybridized carbons (Fsp3) is 0.429. The highest BCUT2D eigenvalue weighted by molar-refractivity contribution is 5.95. The minimum atomic E-state index is -0.860. The maximum Gasteiger partial charge on any atom is 0.414 e. The van der Waals surface area contributed by atoms with Crippen molar-refractivity contribution in [2.24, 2.45) is 0 Å². The van der Waals surface area contributed by atoms with Crippen molar-refractivity contribution >= 4 is 41.0 Å². The molecule has 0 spiro atoms. The Hall–Kier alpha value is -4.82. The van der Waals surface area contributed by atoms with Crippen LogP contribution in [0.3, 0.4) is 0 Å². The second-order valence-corrected chi connectivity index (χ2v) is 10.5. The van der Waals surface area contributed by atoms with E-state index in [0.29, 0.717) is 5.78 Å². The van der Waals surface area contributed by atoms with E-state index < -0.39 is 35.7 Å². The first-order chi connectivity index (χ1) is 20.6. The number of amides is 3. The van der Waals surface area contributed by atoms with Gasteiger partial charge in [0.25, 0.3) is 5.91 Å². The summed E-state index contributed by atoms with van der Waals surface area (Å²) in [5, 5.41) is 2.55.